The molecule has 2 aromatic carbocycles. The fourth-order valence-corrected chi connectivity index (χ4v) is 3.19. The van der Waals surface area contributed by atoms with Crippen LogP contribution in [0.15, 0.2) is 42.5 Å². The third-order valence-electron chi connectivity index (χ3n) is 5.14. The van der Waals surface area contributed by atoms with Crippen LogP contribution in [-0.4, -0.2) is 17.3 Å². The number of halogens is 2. The van der Waals surface area contributed by atoms with Crippen LogP contribution < -0.4 is 9.47 Å². The van der Waals surface area contributed by atoms with Gasteiger partial charge >= 0.3 is 11.9 Å². The van der Waals surface area contributed by atoms with Crippen molar-refractivity contribution in [3.63, 3.8) is 0 Å². The molecule has 32 heavy (non-hydrogen) atoms. The number of hydrogen-bond acceptors (Lipinski definition) is 4. The fourth-order valence-electron chi connectivity index (χ4n) is 3.15. The van der Waals surface area contributed by atoms with Crippen molar-refractivity contribution in [1.29, 1.82) is 0 Å². The molecule has 0 spiro atoms. The predicted octanol–water partition coefficient (Wildman–Crippen LogP) is 7.12. The summed E-state index contributed by atoms with van der Waals surface area (Å²) < 4.78 is 24.6. The van der Waals surface area contributed by atoms with Gasteiger partial charge in [0.15, 0.2) is 11.6 Å². The summed E-state index contributed by atoms with van der Waals surface area (Å²) in [6.07, 6.45) is 8.45. The van der Waals surface area contributed by atoms with E-state index in [1.54, 1.807) is 26.0 Å². The van der Waals surface area contributed by atoms with Crippen LogP contribution in [0.1, 0.15) is 75.2 Å². The van der Waals surface area contributed by atoms with Crippen molar-refractivity contribution in [3.8, 4) is 11.5 Å². The molecule has 0 saturated heterocycles. The van der Waals surface area contributed by atoms with Gasteiger partial charge in [0.05, 0.1) is 5.56 Å². The van der Waals surface area contributed by atoms with E-state index in [0.717, 1.165) is 18.9 Å². The van der Waals surface area contributed by atoms with Crippen LogP contribution >= 0.6 is 11.6 Å². The van der Waals surface area contributed by atoms with E-state index in [9.17, 15) is 14.0 Å². The Morgan fingerprint density at radius 1 is 0.938 bits per heavy atom. The maximum Gasteiger partial charge on any atom is 0.343 e. The molecule has 0 N–H and O–H groups in total. The summed E-state index contributed by atoms with van der Waals surface area (Å²) >= 11 is 5.93. The van der Waals surface area contributed by atoms with E-state index in [-0.39, 0.29) is 17.2 Å². The highest BCUT2D eigenvalue weighted by atomic mass is 35.5. The molecule has 4 nitrogen and oxygen atoms in total. The number of aryl methyl sites for hydroxylation is 1. The molecule has 2 aromatic rings. The van der Waals surface area contributed by atoms with Gasteiger partial charge in [-0.15, -0.1) is 11.6 Å². The van der Waals surface area contributed by atoms with Gasteiger partial charge in [0.1, 0.15) is 11.1 Å². The summed E-state index contributed by atoms with van der Waals surface area (Å²) in [6.45, 7) is 5.73. The first-order valence-electron chi connectivity index (χ1n) is 11.3. The lowest BCUT2D eigenvalue weighted by molar-refractivity contribution is -0.134. The first-order chi connectivity index (χ1) is 15.3. The first kappa shape index (κ1) is 25.9. The van der Waals surface area contributed by atoms with Crippen molar-refractivity contribution in [3.05, 3.63) is 59.4 Å². The van der Waals surface area contributed by atoms with Crippen LogP contribution in [0.2, 0.25) is 0 Å². The highest BCUT2D eigenvalue weighted by Crippen LogP contribution is 2.22. The molecule has 0 aromatic heterocycles. The molecule has 0 aliphatic rings. The Kier molecular flexibility index (Phi) is 10.7. The maximum absolute atomic E-state index is 14.3. The molecule has 0 fully saturated rings. The minimum absolute atomic E-state index is 0.0183. The van der Waals surface area contributed by atoms with Crippen molar-refractivity contribution >= 4 is 23.5 Å². The Labute approximate surface area is 195 Å². The Bertz CT molecular complexity index is 880. The van der Waals surface area contributed by atoms with Crippen molar-refractivity contribution in [1.82, 2.24) is 0 Å². The SMILES string of the molecule is CCCCCCCCc1ccc(OC(=O)c2ccc(OC(=O)C(Cl)C(C)C)c(F)c2)cc1. The fraction of sp³-hybridized carbons (Fsp3) is 0.462. The molecule has 0 bridgehead atoms. The molecule has 1 atom stereocenters. The summed E-state index contributed by atoms with van der Waals surface area (Å²) in [5.41, 5.74) is 1.21. The van der Waals surface area contributed by atoms with Crippen LogP contribution in [0.3, 0.4) is 0 Å². The Morgan fingerprint density at radius 2 is 1.59 bits per heavy atom. The first-order valence-corrected chi connectivity index (χ1v) is 11.7. The molecule has 1 unspecified atom stereocenters. The number of rotatable bonds is 12. The van der Waals surface area contributed by atoms with E-state index in [2.05, 4.69) is 6.92 Å². The number of hydrogen-bond donors (Lipinski definition) is 0. The summed E-state index contributed by atoms with van der Waals surface area (Å²) in [7, 11) is 0. The number of esters is 2. The maximum atomic E-state index is 14.3. The third-order valence-corrected chi connectivity index (χ3v) is 5.82. The van der Waals surface area contributed by atoms with Gasteiger partial charge in [0, 0.05) is 0 Å². The monoisotopic (exact) mass is 462 g/mol. The summed E-state index contributed by atoms with van der Waals surface area (Å²) in [5.74, 6) is -2.32. The van der Waals surface area contributed by atoms with Gasteiger partial charge in [-0.1, -0.05) is 65.0 Å². The van der Waals surface area contributed by atoms with Crippen LogP contribution in [0.4, 0.5) is 4.39 Å². The number of carbonyl (C=O) groups is 2. The summed E-state index contributed by atoms with van der Waals surface area (Å²) in [5, 5.41) is -0.886. The molecule has 6 heteroatoms. The highest BCUT2D eigenvalue weighted by Gasteiger charge is 2.23. The Morgan fingerprint density at radius 3 is 2.22 bits per heavy atom. The highest BCUT2D eigenvalue weighted by molar-refractivity contribution is 6.30. The van der Waals surface area contributed by atoms with E-state index in [1.807, 2.05) is 12.1 Å². The summed E-state index contributed by atoms with van der Waals surface area (Å²) in [4.78, 5) is 24.3. The van der Waals surface area contributed by atoms with Crippen molar-refractivity contribution in [2.75, 3.05) is 0 Å². The molecule has 0 radical (unpaired) electrons. The second kappa shape index (κ2) is 13.2. The lowest BCUT2D eigenvalue weighted by Crippen LogP contribution is -2.25. The Hall–Kier alpha value is -2.40. The van der Waals surface area contributed by atoms with Gasteiger partial charge in [-0.25, -0.2) is 9.18 Å². The minimum atomic E-state index is -0.886. The topological polar surface area (TPSA) is 52.6 Å². The van der Waals surface area contributed by atoms with E-state index in [1.165, 1.54) is 49.8 Å². The molecule has 0 amide bonds. The number of benzene rings is 2. The lowest BCUT2D eigenvalue weighted by Gasteiger charge is -2.13. The quantitative estimate of drug-likeness (QED) is 0.146. The smallest absolute Gasteiger partial charge is 0.343 e. The molecular formula is C26H32ClFO4. The summed E-state index contributed by atoms with van der Waals surface area (Å²) in [6, 6.07) is 10.9. The number of alkyl halides is 1. The van der Waals surface area contributed by atoms with Crippen LogP contribution in [0, 0.1) is 11.7 Å². The molecule has 0 aliphatic heterocycles. The normalized spacial score (nSPS) is 11.9. The molecule has 0 aliphatic carbocycles. The number of carbonyl (C=O) groups excluding carboxylic acids is 2. The van der Waals surface area contributed by atoms with Crippen molar-refractivity contribution < 1.29 is 23.5 Å². The second-order valence-electron chi connectivity index (χ2n) is 8.26. The molecule has 2 rings (SSSR count). The zero-order chi connectivity index (χ0) is 23.5. The number of unbranched alkanes of at least 4 members (excludes halogenated alkanes) is 5. The van der Waals surface area contributed by atoms with Gasteiger partial charge < -0.3 is 9.47 Å². The minimum Gasteiger partial charge on any atom is -0.423 e. The van der Waals surface area contributed by atoms with Gasteiger partial charge in [-0.05, 0) is 54.7 Å². The molecule has 0 saturated carbocycles. The van der Waals surface area contributed by atoms with Crippen LogP contribution in [0.5, 0.6) is 11.5 Å². The zero-order valence-corrected chi connectivity index (χ0v) is 19.8. The van der Waals surface area contributed by atoms with E-state index >= 15 is 0 Å². The molecule has 0 heterocycles. The third kappa shape index (κ3) is 8.27. The van der Waals surface area contributed by atoms with E-state index in [0.29, 0.717) is 5.75 Å². The van der Waals surface area contributed by atoms with Crippen molar-refractivity contribution in [2.45, 2.75) is 71.1 Å². The lowest BCUT2D eigenvalue weighted by atomic mass is 10.0. The van der Waals surface area contributed by atoms with Gasteiger partial charge in [-0.2, -0.15) is 0 Å². The van der Waals surface area contributed by atoms with Gasteiger partial charge in [0.2, 0.25) is 0 Å². The molecule has 174 valence electrons. The number of ether oxygens (including phenoxy) is 2. The van der Waals surface area contributed by atoms with Crippen LogP contribution in [-0.2, 0) is 11.2 Å². The van der Waals surface area contributed by atoms with E-state index < -0.39 is 23.1 Å². The van der Waals surface area contributed by atoms with E-state index in [4.69, 9.17) is 21.1 Å². The van der Waals surface area contributed by atoms with Crippen LogP contribution in [0.25, 0.3) is 0 Å². The van der Waals surface area contributed by atoms with Gasteiger partial charge in [-0.3, -0.25) is 4.79 Å². The van der Waals surface area contributed by atoms with Crippen molar-refractivity contribution in [2.24, 2.45) is 5.92 Å². The zero-order valence-electron chi connectivity index (χ0n) is 19.0. The average Bonchev–Trinajstić information content (AvgIpc) is 2.77. The van der Waals surface area contributed by atoms with Gasteiger partial charge in [0.25, 0.3) is 0 Å². The molecular weight excluding hydrogens is 431 g/mol. The standard InChI is InChI=1S/C26H32ClFO4/c1-4-5-6-7-8-9-10-19-11-14-21(15-12-19)31-25(29)20-13-16-23(22(28)17-20)32-26(30)24(27)18(2)3/h11-18,24H,4-10H2,1-3H3. The largest absolute Gasteiger partial charge is 0.423 e. The average molecular weight is 463 g/mol. The predicted molar refractivity (Wildman–Crippen MR) is 125 cm³/mol. The second-order valence-corrected chi connectivity index (χ2v) is 8.73. The Balaban J connectivity index is 1.88.